The first-order chi connectivity index (χ1) is 16.9. The van der Waals surface area contributed by atoms with Crippen molar-refractivity contribution in [2.75, 3.05) is 18.5 Å². The lowest BCUT2D eigenvalue weighted by Gasteiger charge is -2.13. The smallest absolute Gasteiger partial charge is 0.251 e. The molecule has 0 unspecified atom stereocenters. The van der Waals surface area contributed by atoms with Crippen LogP contribution >= 0.6 is 0 Å². The fraction of sp³-hybridized carbons (Fsp3) is 0.231. The number of hydrogen-bond acceptors (Lipinski definition) is 5. The van der Waals surface area contributed by atoms with Gasteiger partial charge < -0.3 is 20.5 Å². The number of nitrogens with one attached hydrogen (secondary N) is 2. The van der Waals surface area contributed by atoms with E-state index in [2.05, 4.69) is 15.6 Å². The van der Waals surface area contributed by atoms with Crippen molar-refractivity contribution in [1.82, 2.24) is 14.7 Å². The zero-order chi connectivity index (χ0) is 24.5. The van der Waals surface area contributed by atoms with E-state index in [4.69, 9.17) is 4.74 Å². The summed E-state index contributed by atoms with van der Waals surface area (Å²) in [5.41, 5.74) is 4.25. The minimum Gasteiger partial charge on any atom is -0.456 e. The van der Waals surface area contributed by atoms with Crippen molar-refractivity contribution in [1.29, 1.82) is 0 Å². The lowest BCUT2D eigenvalue weighted by atomic mass is 10.0. The van der Waals surface area contributed by atoms with Gasteiger partial charge in [0.1, 0.15) is 11.5 Å². The van der Waals surface area contributed by atoms with E-state index in [0.29, 0.717) is 22.6 Å². The van der Waals surface area contributed by atoms with Crippen LogP contribution in [-0.4, -0.2) is 39.6 Å². The first-order valence-corrected chi connectivity index (χ1v) is 11.3. The highest BCUT2D eigenvalue weighted by Gasteiger charge is 2.24. The van der Waals surface area contributed by atoms with Gasteiger partial charge in [0.2, 0.25) is 0 Å². The molecule has 0 saturated heterocycles. The molecule has 2 aromatic carbocycles. The van der Waals surface area contributed by atoms with Crippen molar-refractivity contribution in [2.45, 2.75) is 25.8 Å². The Morgan fingerprint density at radius 3 is 2.69 bits per heavy atom. The van der Waals surface area contributed by atoms with Crippen molar-refractivity contribution in [3.05, 3.63) is 77.6 Å². The Balaban J connectivity index is 1.53. The third-order valence-corrected chi connectivity index (χ3v) is 5.81. The number of rotatable bonds is 8. The molecule has 9 heteroatoms. The molecule has 35 heavy (non-hydrogen) atoms. The van der Waals surface area contributed by atoms with Crippen LogP contribution < -0.4 is 15.4 Å². The van der Waals surface area contributed by atoms with Crippen LogP contribution in [-0.2, 0) is 0 Å². The summed E-state index contributed by atoms with van der Waals surface area (Å²) >= 11 is 0. The molecule has 1 saturated carbocycles. The maximum Gasteiger partial charge on any atom is 0.251 e. The summed E-state index contributed by atoms with van der Waals surface area (Å²) < 4.78 is 34.6. The molecule has 0 bridgehead atoms. The number of aliphatic hydroxyl groups is 1. The Bertz CT molecular complexity index is 1420. The van der Waals surface area contributed by atoms with E-state index in [-0.39, 0.29) is 30.9 Å². The first-order valence-electron chi connectivity index (χ1n) is 11.3. The Kier molecular flexibility index (Phi) is 6.08. The van der Waals surface area contributed by atoms with Crippen LogP contribution in [0.5, 0.6) is 11.5 Å². The monoisotopic (exact) mass is 478 g/mol. The maximum absolute atomic E-state index is 13.7. The SMILES string of the molecule is Cc1cc(-c2cnc3c(NCCO)cc(Oc4ccc(F)c(F)c4)cn23)ccc1C(=O)NC1CC1. The number of anilines is 1. The molecular weight excluding hydrogens is 454 g/mol. The van der Waals surface area contributed by atoms with Crippen LogP contribution in [0.15, 0.2) is 54.9 Å². The number of hydrogen-bond donors (Lipinski definition) is 3. The molecule has 1 aliphatic carbocycles. The Morgan fingerprint density at radius 1 is 1.14 bits per heavy atom. The second-order valence-electron chi connectivity index (χ2n) is 8.53. The van der Waals surface area contributed by atoms with E-state index in [1.165, 1.54) is 6.07 Å². The topological polar surface area (TPSA) is 87.9 Å². The molecule has 180 valence electrons. The van der Waals surface area contributed by atoms with E-state index < -0.39 is 11.6 Å². The van der Waals surface area contributed by atoms with Crippen molar-refractivity contribution in [3.63, 3.8) is 0 Å². The van der Waals surface area contributed by atoms with Gasteiger partial charge >= 0.3 is 0 Å². The summed E-state index contributed by atoms with van der Waals surface area (Å²) in [4.78, 5) is 17.0. The zero-order valence-corrected chi connectivity index (χ0v) is 19.0. The Morgan fingerprint density at radius 2 is 1.97 bits per heavy atom. The number of pyridine rings is 1. The van der Waals surface area contributed by atoms with Crippen LogP contribution in [0.1, 0.15) is 28.8 Å². The van der Waals surface area contributed by atoms with Crippen LogP contribution in [0.2, 0.25) is 0 Å². The number of halogens is 2. The van der Waals surface area contributed by atoms with E-state index in [0.717, 1.165) is 41.8 Å². The third kappa shape index (κ3) is 4.81. The van der Waals surface area contributed by atoms with Crippen molar-refractivity contribution < 1.29 is 23.4 Å². The van der Waals surface area contributed by atoms with E-state index in [1.807, 2.05) is 23.5 Å². The molecular formula is C26H24F2N4O3. The molecule has 0 atom stereocenters. The molecule has 4 aromatic rings. The molecule has 3 N–H and O–H groups in total. The Labute approximate surface area is 200 Å². The second kappa shape index (κ2) is 9.34. The number of benzene rings is 2. The first kappa shape index (κ1) is 22.8. The fourth-order valence-electron chi connectivity index (χ4n) is 3.90. The van der Waals surface area contributed by atoms with Gasteiger partial charge in [0.05, 0.1) is 30.4 Å². The molecule has 1 aliphatic rings. The van der Waals surface area contributed by atoms with Crippen LogP contribution in [0, 0.1) is 18.6 Å². The number of fused-ring (bicyclic) bond motifs is 1. The van der Waals surface area contributed by atoms with Crippen LogP contribution in [0.4, 0.5) is 14.5 Å². The minimum atomic E-state index is -1.01. The fourth-order valence-corrected chi connectivity index (χ4v) is 3.90. The molecule has 1 amide bonds. The van der Waals surface area contributed by atoms with Gasteiger partial charge in [0.25, 0.3) is 5.91 Å². The molecule has 7 nitrogen and oxygen atoms in total. The number of ether oxygens (including phenoxy) is 1. The molecule has 0 spiro atoms. The summed E-state index contributed by atoms with van der Waals surface area (Å²) in [7, 11) is 0. The number of carbonyl (C=O) groups is 1. The molecule has 0 aliphatic heterocycles. The summed E-state index contributed by atoms with van der Waals surface area (Å²) in [6.45, 7) is 2.09. The lowest BCUT2D eigenvalue weighted by Crippen LogP contribution is -2.26. The number of imidazole rings is 1. The number of aromatic nitrogens is 2. The average Bonchev–Trinajstić information content (AvgIpc) is 3.55. The Hall–Kier alpha value is -3.98. The third-order valence-electron chi connectivity index (χ3n) is 5.81. The van der Waals surface area contributed by atoms with Gasteiger partial charge in [0.15, 0.2) is 17.3 Å². The number of carbonyl (C=O) groups excluding carboxylic acids is 1. The molecule has 0 radical (unpaired) electrons. The standard InChI is InChI=1S/C26H24F2N4O3/c1-15-10-16(2-6-20(15)26(34)31-17-3-4-17)24-13-30-25-23(29-8-9-33)12-19(14-32(24)25)35-18-5-7-21(27)22(28)11-18/h2,5-7,10-14,17,29,33H,3-4,8-9H2,1H3,(H,31,34). The van der Waals surface area contributed by atoms with Gasteiger partial charge in [-0.2, -0.15) is 0 Å². The summed E-state index contributed by atoms with van der Waals surface area (Å²) in [5, 5.41) is 15.4. The lowest BCUT2D eigenvalue weighted by molar-refractivity contribution is 0.0950. The zero-order valence-electron chi connectivity index (χ0n) is 19.0. The van der Waals surface area contributed by atoms with Gasteiger partial charge in [0, 0.05) is 35.8 Å². The van der Waals surface area contributed by atoms with Crippen LogP contribution in [0.3, 0.4) is 0 Å². The largest absolute Gasteiger partial charge is 0.456 e. The van der Waals surface area contributed by atoms with Crippen molar-refractivity contribution >= 4 is 17.2 Å². The van der Waals surface area contributed by atoms with E-state index in [9.17, 15) is 18.7 Å². The predicted octanol–water partition coefficient (Wildman–Crippen LogP) is 4.68. The highest BCUT2D eigenvalue weighted by atomic mass is 19.2. The molecule has 2 aromatic heterocycles. The van der Waals surface area contributed by atoms with E-state index in [1.54, 1.807) is 24.5 Å². The maximum atomic E-state index is 13.7. The highest BCUT2D eigenvalue weighted by Crippen LogP contribution is 2.32. The second-order valence-corrected chi connectivity index (χ2v) is 8.53. The van der Waals surface area contributed by atoms with E-state index >= 15 is 0 Å². The summed E-state index contributed by atoms with van der Waals surface area (Å²) in [6, 6.07) is 10.9. The van der Waals surface area contributed by atoms with Crippen LogP contribution in [0.25, 0.3) is 16.9 Å². The van der Waals surface area contributed by atoms with Crippen molar-refractivity contribution in [3.8, 4) is 22.8 Å². The molecule has 5 rings (SSSR count). The summed E-state index contributed by atoms with van der Waals surface area (Å²) in [5.74, 6) is -1.54. The number of amides is 1. The van der Waals surface area contributed by atoms with Gasteiger partial charge in [-0.15, -0.1) is 0 Å². The van der Waals surface area contributed by atoms with Crippen molar-refractivity contribution in [2.24, 2.45) is 0 Å². The predicted molar refractivity (Wildman–Crippen MR) is 128 cm³/mol. The quantitative estimate of drug-likeness (QED) is 0.342. The van der Waals surface area contributed by atoms with Gasteiger partial charge in [-0.05, 0) is 49.6 Å². The number of aryl methyl sites for hydroxylation is 1. The average molecular weight is 478 g/mol. The van der Waals surface area contributed by atoms with Gasteiger partial charge in [-0.25, -0.2) is 13.8 Å². The highest BCUT2D eigenvalue weighted by molar-refractivity contribution is 5.96. The normalized spacial score (nSPS) is 13.1. The van der Waals surface area contributed by atoms with Gasteiger partial charge in [-0.3, -0.25) is 9.20 Å². The number of nitrogens with zero attached hydrogens (tertiary/aromatic N) is 2. The summed E-state index contributed by atoms with van der Waals surface area (Å²) in [6.07, 6.45) is 5.45. The molecule has 2 heterocycles. The molecule has 1 fully saturated rings. The minimum absolute atomic E-state index is 0.0765. The van der Waals surface area contributed by atoms with Gasteiger partial charge in [-0.1, -0.05) is 6.07 Å². The number of aliphatic hydroxyl groups excluding tert-OH is 1.